The van der Waals surface area contributed by atoms with Gasteiger partial charge in [-0.25, -0.2) is 4.79 Å². The van der Waals surface area contributed by atoms with Gasteiger partial charge in [-0.3, -0.25) is 4.90 Å². The van der Waals surface area contributed by atoms with Crippen molar-refractivity contribution in [1.29, 1.82) is 0 Å². The largest absolute Gasteiger partial charge is 0.514 e. The van der Waals surface area contributed by atoms with Gasteiger partial charge in [-0.15, -0.1) is 0 Å². The van der Waals surface area contributed by atoms with E-state index < -0.39 is 11.8 Å². The third-order valence-electron chi connectivity index (χ3n) is 7.16. The molecular weight excluding hydrogens is 414 g/mol. The topological polar surface area (TPSA) is 58.8 Å². The van der Waals surface area contributed by atoms with Crippen molar-refractivity contribution in [3.63, 3.8) is 0 Å². The lowest BCUT2D eigenvalue weighted by molar-refractivity contribution is 0.00238. The molecular formula is C28H41NO4. The average Bonchev–Trinajstić information content (AvgIpc) is 3.45. The van der Waals surface area contributed by atoms with Crippen LogP contribution in [-0.2, 0) is 11.2 Å². The number of aromatic hydroxyl groups is 1. The molecule has 0 radical (unpaired) electrons. The molecule has 0 aromatic heterocycles. The number of nitrogens with zero attached hydrogens (tertiary/aromatic N) is 1. The number of unbranched alkanes of at least 4 members (excludes halogenated alkanes) is 2. The summed E-state index contributed by atoms with van der Waals surface area (Å²) in [5.74, 6) is 0.663. The Morgan fingerprint density at radius 2 is 2.00 bits per heavy atom. The first-order valence-electron chi connectivity index (χ1n) is 12.3. The minimum Gasteiger partial charge on any atom is -0.507 e. The van der Waals surface area contributed by atoms with E-state index in [1.54, 1.807) is 0 Å². The smallest absolute Gasteiger partial charge is 0.507 e. The van der Waals surface area contributed by atoms with E-state index in [0.29, 0.717) is 11.3 Å². The number of likely N-dealkylation sites (N-methyl/N-ethyl adjacent to an activating group) is 1. The number of allylic oxidation sites excluding steroid dienone is 3. The number of ether oxygens (including phenoxy) is 2. The SMILES string of the molecule is C=C(C)[C@@H]1CCC(C)=C[C@H]1c1c(O)cc(CCCCC)cc1OC(=O)OC(C)(C)C1CN1C. The molecule has 1 N–H and O–H groups in total. The van der Waals surface area contributed by atoms with Gasteiger partial charge < -0.3 is 14.6 Å². The number of phenols is 1. The molecule has 2 unspecified atom stereocenters. The molecule has 2 aliphatic rings. The van der Waals surface area contributed by atoms with Crippen molar-refractivity contribution in [2.45, 2.75) is 90.7 Å². The van der Waals surface area contributed by atoms with Crippen molar-refractivity contribution in [1.82, 2.24) is 4.90 Å². The van der Waals surface area contributed by atoms with Gasteiger partial charge in [-0.05, 0) is 84.0 Å². The number of hydrogen-bond donors (Lipinski definition) is 1. The maximum atomic E-state index is 12.9. The van der Waals surface area contributed by atoms with Gasteiger partial charge in [0.1, 0.15) is 17.1 Å². The van der Waals surface area contributed by atoms with Gasteiger partial charge in [0.05, 0.1) is 6.04 Å². The maximum Gasteiger partial charge on any atom is 0.514 e. The Kier molecular flexibility index (Phi) is 7.94. The van der Waals surface area contributed by atoms with Crippen LogP contribution in [0, 0.1) is 5.92 Å². The molecule has 1 aliphatic carbocycles. The van der Waals surface area contributed by atoms with Crippen molar-refractivity contribution < 1.29 is 19.4 Å². The quantitative estimate of drug-likeness (QED) is 0.147. The summed E-state index contributed by atoms with van der Waals surface area (Å²) in [7, 11) is 2.01. The Morgan fingerprint density at radius 3 is 2.61 bits per heavy atom. The fourth-order valence-corrected chi connectivity index (χ4v) is 5.09. The second kappa shape index (κ2) is 10.3. The van der Waals surface area contributed by atoms with Crippen LogP contribution in [0.25, 0.3) is 0 Å². The van der Waals surface area contributed by atoms with Crippen LogP contribution >= 0.6 is 0 Å². The fourth-order valence-electron chi connectivity index (χ4n) is 5.09. The highest BCUT2D eigenvalue weighted by Crippen LogP contribution is 2.47. The van der Waals surface area contributed by atoms with E-state index in [9.17, 15) is 9.90 Å². The molecule has 1 aromatic carbocycles. The van der Waals surface area contributed by atoms with Crippen LogP contribution in [0.1, 0.15) is 83.8 Å². The second-order valence-electron chi connectivity index (χ2n) is 10.5. The molecule has 4 atom stereocenters. The van der Waals surface area contributed by atoms with Crippen molar-refractivity contribution >= 4 is 6.16 Å². The number of carbonyl (C=O) groups excluding carboxylic acids is 1. The molecule has 1 saturated heterocycles. The number of benzene rings is 1. The van der Waals surface area contributed by atoms with Crippen LogP contribution in [-0.4, -0.2) is 41.4 Å². The second-order valence-corrected chi connectivity index (χ2v) is 10.5. The molecule has 3 rings (SSSR count). The highest BCUT2D eigenvalue weighted by Gasteiger charge is 2.46. The monoisotopic (exact) mass is 455 g/mol. The molecule has 1 aromatic rings. The molecule has 0 spiro atoms. The van der Waals surface area contributed by atoms with Gasteiger partial charge in [-0.2, -0.15) is 0 Å². The van der Waals surface area contributed by atoms with Crippen LogP contribution in [0.4, 0.5) is 4.79 Å². The zero-order valence-corrected chi connectivity index (χ0v) is 21.2. The predicted molar refractivity (Wildman–Crippen MR) is 133 cm³/mol. The standard InChI is InChI=1S/C28H41NO4/c1-8-9-10-11-20-15-23(30)26(22-14-19(4)12-13-21(22)18(2)3)24(16-20)32-27(31)33-28(5,6)25-17-29(25)7/h14-16,21-22,25,30H,2,8-13,17H2,1,3-7H3/t21-,22+,25?,29?/m0/s1. The highest BCUT2D eigenvalue weighted by atomic mass is 16.7. The van der Waals surface area contributed by atoms with Crippen LogP contribution in [0.5, 0.6) is 11.5 Å². The van der Waals surface area contributed by atoms with Crippen LogP contribution in [0.3, 0.4) is 0 Å². The number of rotatable bonds is 9. The van der Waals surface area contributed by atoms with Crippen LogP contribution in [0.2, 0.25) is 0 Å². The van der Waals surface area contributed by atoms with Gasteiger partial charge in [0.25, 0.3) is 0 Å². The van der Waals surface area contributed by atoms with Gasteiger partial charge in [-0.1, -0.05) is 43.6 Å². The molecule has 1 aliphatic heterocycles. The summed E-state index contributed by atoms with van der Waals surface area (Å²) in [6.07, 6.45) is 7.52. The van der Waals surface area contributed by atoms with Crippen molar-refractivity contribution in [3.05, 3.63) is 47.1 Å². The third kappa shape index (κ3) is 6.20. The zero-order chi connectivity index (χ0) is 24.3. The Bertz CT molecular complexity index is 917. The summed E-state index contributed by atoms with van der Waals surface area (Å²) >= 11 is 0. The minimum absolute atomic E-state index is 0.0914. The molecule has 1 heterocycles. The van der Waals surface area contributed by atoms with Crippen LogP contribution < -0.4 is 4.74 Å². The summed E-state index contributed by atoms with van der Waals surface area (Å²) in [5, 5.41) is 11.1. The lowest BCUT2D eigenvalue weighted by Crippen LogP contribution is -2.37. The predicted octanol–water partition coefficient (Wildman–Crippen LogP) is 6.75. The molecule has 5 heteroatoms. The summed E-state index contributed by atoms with van der Waals surface area (Å²) < 4.78 is 11.6. The van der Waals surface area contributed by atoms with E-state index in [4.69, 9.17) is 9.47 Å². The van der Waals surface area contributed by atoms with E-state index in [2.05, 4.69) is 31.4 Å². The van der Waals surface area contributed by atoms with Gasteiger partial charge in [0.15, 0.2) is 0 Å². The fraction of sp³-hybridized carbons (Fsp3) is 0.607. The Labute approximate surface area is 199 Å². The maximum absolute atomic E-state index is 12.9. The van der Waals surface area contributed by atoms with E-state index in [1.165, 1.54) is 5.57 Å². The number of phenolic OH excluding ortho intramolecular Hbond substituents is 1. The van der Waals surface area contributed by atoms with E-state index in [0.717, 1.165) is 56.2 Å². The Hall–Kier alpha value is -2.27. The summed E-state index contributed by atoms with van der Waals surface area (Å²) in [4.78, 5) is 15.0. The molecule has 5 nitrogen and oxygen atoms in total. The van der Waals surface area contributed by atoms with Crippen molar-refractivity contribution in [2.75, 3.05) is 13.6 Å². The first-order valence-corrected chi connectivity index (χ1v) is 12.3. The van der Waals surface area contributed by atoms with E-state index in [-0.39, 0.29) is 23.6 Å². The summed E-state index contributed by atoms with van der Waals surface area (Å²) in [6, 6.07) is 3.93. The molecule has 33 heavy (non-hydrogen) atoms. The minimum atomic E-state index is -0.727. The number of carbonyl (C=O) groups is 1. The van der Waals surface area contributed by atoms with Gasteiger partial charge in [0, 0.05) is 18.0 Å². The van der Waals surface area contributed by atoms with E-state index >= 15 is 0 Å². The summed E-state index contributed by atoms with van der Waals surface area (Å²) in [6.45, 7) is 15.2. The number of hydrogen-bond acceptors (Lipinski definition) is 5. The Morgan fingerprint density at radius 1 is 1.30 bits per heavy atom. The van der Waals surface area contributed by atoms with Crippen molar-refractivity contribution in [2.24, 2.45) is 5.92 Å². The lowest BCUT2D eigenvalue weighted by Gasteiger charge is -2.32. The van der Waals surface area contributed by atoms with Gasteiger partial charge in [0.2, 0.25) is 0 Å². The first kappa shape index (κ1) is 25.4. The molecule has 182 valence electrons. The molecule has 0 bridgehead atoms. The molecule has 0 saturated carbocycles. The molecule has 1 fully saturated rings. The first-order chi connectivity index (χ1) is 15.5. The van der Waals surface area contributed by atoms with Crippen molar-refractivity contribution in [3.8, 4) is 11.5 Å². The highest BCUT2D eigenvalue weighted by molar-refractivity contribution is 5.67. The van der Waals surface area contributed by atoms with Gasteiger partial charge >= 0.3 is 6.16 Å². The average molecular weight is 456 g/mol. The summed E-state index contributed by atoms with van der Waals surface area (Å²) in [5.41, 5.74) is 3.32. The van der Waals surface area contributed by atoms with Crippen LogP contribution in [0.15, 0.2) is 35.9 Å². The van der Waals surface area contributed by atoms with E-state index in [1.807, 2.05) is 40.0 Å². The Balaban J connectivity index is 1.95. The molecule has 0 amide bonds. The third-order valence-corrected chi connectivity index (χ3v) is 7.16. The normalized spacial score (nSPS) is 24.7. The zero-order valence-electron chi connectivity index (χ0n) is 21.2. The number of aryl methyl sites for hydroxylation is 1. The lowest BCUT2D eigenvalue weighted by atomic mass is 9.73.